The van der Waals surface area contributed by atoms with Gasteiger partial charge in [-0.1, -0.05) is 19.1 Å². The van der Waals surface area contributed by atoms with Gasteiger partial charge in [-0.3, -0.25) is 0 Å². The van der Waals surface area contributed by atoms with Crippen molar-refractivity contribution in [1.82, 2.24) is 0 Å². The van der Waals surface area contributed by atoms with E-state index in [1.165, 1.54) is 17.4 Å². The van der Waals surface area contributed by atoms with Crippen molar-refractivity contribution in [2.45, 2.75) is 12.8 Å². The van der Waals surface area contributed by atoms with Crippen LogP contribution in [0.3, 0.4) is 0 Å². The highest BCUT2D eigenvalue weighted by Crippen LogP contribution is 2.27. The molecule has 0 aliphatic carbocycles. The van der Waals surface area contributed by atoms with Crippen molar-refractivity contribution in [2.75, 3.05) is 6.61 Å². The van der Waals surface area contributed by atoms with E-state index in [9.17, 15) is 4.39 Å². The van der Waals surface area contributed by atoms with Crippen LogP contribution in [0.1, 0.15) is 18.4 Å². The Morgan fingerprint density at radius 3 is 2.58 bits per heavy atom. The molecule has 1 aromatic heterocycles. The number of aliphatic hydroxyl groups excluding tert-OH is 1. The molecule has 0 amide bonds. The van der Waals surface area contributed by atoms with E-state index in [0.29, 0.717) is 15.9 Å². The third-order valence-electron chi connectivity index (χ3n) is 3.02. The average molecular weight is 280 g/mol. The average Bonchev–Trinajstić information content (AvgIpc) is 2.87. The molecule has 0 radical (unpaired) electrons. The van der Waals surface area contributed by atoms with Crippen molar-refractivity contribution in [2.24, 2.45) is 0 Å². The fourth-order valence-electron chi connectivity index (χ4n) is 1.81. The van der Waals surface area contributed by atoms with E-state index in [1.54, 1.807) is 23.6 Å². The van der Waals surface area contributed by atoms with Crippen LogP contribution in [0, 0.1) is 5.82 Å². The molecule has 0 saturated heterocycles. The Morgan fingerprint density at radius 1 is 1.32 bits per heavy atom. The third-order valence-corrected chi connectivity index (χ3v) is 3.99. The minimum Gasteiger partial charge on any atom is -0.423 e. The second kappa shape index (κ2) is 5.84. The van der Waals surface area contributed by atoms with Crippen LogP contribution in [-0.2, 0) is 0 Å². The van der Waals surface area contributed by atoms with Gasteiger partial charge in [-0.25, -0.2) is 4.39 Å². The maximum Gasteiger partial charge on any atom is 0.499 e. The molecule has 19 heavy (non-hydrogen) atoms. The van der Waals surface area contributed by atoms with Crippen LogP contribution in [-0.4, -0.2) is 28.9 Å². The number of benzene rings is 1. The molecule has 0 fully saturated rings. The summed E-state index contributed by atoms with van der Waals surface area (Å²) < 4.78 is 14.4. The topological polar surface area (TPSA) is 60.7 Å². The van der Waals surface area contributed by atoms with Crippen molar-refractivity contribution >= 4 is 23.2 Å². The molecule has 1 aromatic carbocycles. The molecule has 0 aliphatic heterocycles. The molecule has 3 nitrogen and oxygen atoms in total. The van der Waals surface area contributed by atoms with E-state index in [2.05, 4.69) is 0 Å². The van der Waals surface area contributed by atoms with Gasteiger partial charge in [0.05, 0.1) is 0 Å². The van der Waals surface area contributed by atoms with Gasteiger partial charge in [-0.15, -0.1) is 0 Å². The molecule has 6 heteroatoms. The SMILES string of the molecule is CC(CO)c1ccc(-c2csc(B(O)O)c2)c(F)c1. The lowest BCUT2D eigenvalue weighted by molar-refractivity contribution is 0.273. The first-order valence-electron chi connectivity index (χ1n) is 5.88. The molecular weight excluding hydrogens is 266 g/mol. The zero-order valence-electron chi connectivity index (χ0n) is 10.4. The number of rotatable bonds is 4. The summed E-state index contributed by atoms with van der Waals surface area (Å²) in [7, 11) is -1.53. The van der Waals surface area contributed by atoms with E-state index in [4.69, 9.17) is 15.2 Å². The largest absolute Gasteiger partial charge is 0.499 e. The Balaban J connectivity index is 2.34. The zero-order chi connectivity index (χ0) is 14.0. The van der Waals surface area contributed by atoms with Crippen molar-refractivity contribution in [1.29, 1.82) is 0 Å². The number of hydrogen-bond donors (Lipinski definition) is 3. The molecule has 0 aliphatic rings. The van der Waals surface area contributed by atoms with Gasteiger partial charge < -0.3 is 15.2 Å². The summed E-state index contributed by atoms with van der Waals surface area (Å²) in [5, 5.41) is 28.8. The molecule has 2 aromatic rings. The van der Waals surface area contributed by atoms with E-state index in [-0.39, 0.29) is 18.3 Å². The molecule has 2 rings (SSSR count). The summed E-state index contributed by atoms with van der Waals surface area (Å²) in [6.45, 7) is 1.79. The van der Waals surface area contributed by atoms with Gasteiger partial charge in [0.2, 0.25) is 0 Å². The fraction of sp³-hybridized carbons (Fsp3) is 0.231. The highest BCUT2D eigenvalue weighted by Gasteiger charge is 2.16. The van der Waals surface area contributed by atoms with Crippen LogP contribution in [0.25, 0.3) is 11.1 Å². The molecule has 1 unspecified atom stereocenters. The van der Waals surface area contributed by atoms with E-state index >= 15 is 0 Å². The van der Waals surface area contributed by atoms with Gasteiger partial charge >= 0.3 is 7.12 Å². The van der Waals surface area contributed by atoms with Crippen LogP contribution in [0.4, 0.5) is 4.39 Å². The predicted molar refractivity (Wildman–Crippen MR) is 75.0 cm³/mol. The number of aliphatic hydroxyl groups is 1. The first kappa shape index (κ1) is 14.2. The molecule has 0 spiro atoms. The molecular formula is C13H14BFO3S. The van der Waals surface area contributed by atoms with Crippen LogP contribution in [0.15, 0.2) is 29.6 Å². The van der Waals surface area contributed by atoms with Gasteiger partial charge in [-0.05, 0) is 28.6 Å². The van der Waals surface area contributed by atoms with Crippen molar-refractivity contribution in [3.8, 4) is 11.1 Å². The lowest BCUT2D eigenvalue weighted by Crippen LogP contribution is -2.26. The summed E-state index contributed by atoms with van der Waals surface area (Å²) >= 11 is 1.17. The maximum absolute atomic E-state index is 14.0. The predicted octanol–water partition coefficient (Wildman–Crippen LogP) is 1.33. The first-order chi connectivity index (χ1) is 9.02. The highest BCUT2D eigenvalue weighted by molar-refractivity contribution is 7.20. The van der Waals surface area contributed by atoms with E-state index < -0.39 is 7.12 Å². The minimum absolute atomic E-state index is 0.0297. The smallest absolute Gasteiger partial charge is 0.423 e. The van der Waals surface area contributed by atoms with Crippen molar-refractivity contribution in [3.63, 3.8) is 0 Å². The first-order valence-corrected chi connectivity index (χ1v) is 6.76. The van der Waals surface area contributed by atoms with Gasteiger partial charge in [-0.2, -0.15) is 11.3 Å². The second-order valence-corrected chi connectivity index (χ2v) is 5.38. The second-order valence-electron chi connectivity index (χ2n) is 4.43. The zero-order valence-corrected chi connectivity index (χ0v) is 11.2. The van der Waals surface area contributed by atoms with Crippen LogP contribution < -0.4 is 4.78 Å². The summed E-state index contributed by atoms with van der Waals surface area (Å²) in [5.74, 6) is -0.490. The number of thiophene rings is 1. The quantitative estimate of drug-likeness (QED) is 0.740. The van der Waals surface area contributed by atoms with Crippen LogP contribution in [0.2, 0.25) is 0 Å². The Morgan fingerprint density at radius 2 is 2.05 bits per heavy atom. The molecule has 0 bridgehead atoms. The lowest BCUT2D eigenvalue weighted by atomic mass is 9.88. The van der Waals surface area contributed by atoms with Gasteiger partial charge in [0, 0.05) is 22.9 Å². The Labute approximate surface area is 115 Å². The van der Waals surface area contributed by atoms with Gasteiger partial charge in [0.15, 0.2) is 0 Å². The highest BCUT2D eigenvalue weighted by atomic mass is 32.1. The van der Waals surface area contributed by atoms with Gasteiger partial charge in [0.25, 0.3) is 0 Å². The Kier molecular flexibility index (Phi) is 4.36. The summed E-state index contributed by atoms with van der Waals surface area (Å²) in [5.41, 5.74) is 1.77. The van der Waals surface area contributed by atoms with Crippen molar-refractivity contribution < 1.29 is 19.5 Å². The summed E-state index contributed by atoms with van der Waals surface area (Å²) in [4.78, 5) is 0. The number of hydrogen-bond acceptors (Lipinski definition) is 4. The Hall–Kier alpha value is -1.21. The molecule has 0 saturated carbocycles. The summed E-state index contributed by atoms with van der Waals surface area (Å²) in [6.07, 6.45) is 0. The van der Waals surface area contributed by atoms with Crippen LogP contribution in [0.5, 0.6) is 0 Å². The molecule has 1 atom stereocenters. The van der Waals surface area contributed by atoms with Crippen LogP contribution >= 0.6 is 11.3 Å². The summed E-state index contributed by atoms with van der Waals surface area (Å²) in [6, 6.07) is 6.38. The standard InChI is InChI=1S/C13H14BFO3S/c1-8(6-16)9-2-3-11(12(15)4-9)10-5-13(14(17)18)19-7-10/h2-5,7-8,16-18H,6H2,1H3. The van der Waals surface area contributed by atoms with Crippen molar-refractivity contribution in [3.05, 3.63) is 41.0 Å². The molecule has 1 heterocycles. The monoisotopic (exact) mass is 280 g/mol. The minimum atomic E-state index is -1.53. The van der Waals surface area contributed by atoms with Gasteiger partial charge in [0.1, 0.15) is 5.82 Å². The third kappa shape index (κ3) is 3.04. The van der Waals surface area contributed by atoms with E-state index in [0.717, 1.165) is 5.56 Å². The fourth-order valence-corrected chi connectivity index (χ4v) is 2.58. The normalized spacial score (nSPS) is 12.5. The Bertz CT molecular complexity index is 571. The molecule has 3 N–H and O–H groups in total. The molecule has 100 valence electrons. The maximum atomic E-state index is 14.0. The number of halogens is 1. The van der Waals surface area contributed by atoms with E-state index in [1.807, 2.05) is 6.92 Å². The lowest BCUT2D eigenvalue weighted by Gasteiger charge is -2.10.